The molecule has 0 atom stereocenters. The fourth-order valence-electron chi connectivity index (χ4n) is 1.81. The van der Waals surface area contributed by atoms with Crippen molar-refractivity contribution < 1.29 is 9.53 Å². The third kappa shape index (κ3) is 3.77. The number of aldehydes is 1. The first-order chi connectivity index (χ1) is 10.0. The lowest BCUT2D eigenvalue weighted by Gasteiger charge is -2.11. The van der Waals surface area contributed by atoms with Crippen LogP contribution in [0.2, 0.25) is 10.2 Å². The van der Waals surface area contributed by atoms with Crippen LogP contribution in [0.4, 0.5) is 0 Å². The Bertz CT molecular complexity index is 621. The first-order valence-corrected chi connectivity index (χ1v) is 7.40. The third-order valence-corrected chi connectivity index (χ3v) is 3.49. The zero-order valence-corrected chi connectivity index (χ0v) is 13.4. The summed E-state index contributed by atoms with van der Waals surface area (Å²) >= 11 is 11.9. The van der Waals surface area contributed by atoms with E-state index >= 15 is 0 Å². The molecule has 0 fully saturated rings. The summed E-state index contributed by atoms with van der Waals surface area (Å²) in [6.07, 6.45) is 1.56. The second kappa shape index (κ2) is 6.96. The number of aromatic nitrogens is 2. The summed E-state index contributed by atoms with van der Waals surface area (Å²) in [4.78, 5) is 15.4. The summed E-state index contributed by atoms with van der Waals surface area (Å²) in [6, 6.07) is 7.34. The number of carbonyl (C=O) groups is 1. The molecule has 0 saturated heterocycles. The Labute approximate surface area is 133 Å². The van der Waals surface area contributed by atoms with Gasteiger partial charge in [-0.15, -0.1) is 0 Å². The number of hydrogen-bond acceptors (Lipinski definition) is 3. The van der Waals surface area contributed by atoms with E-state index in [2.05, 4.69) is 18.8 Å². The lowest BCUT2D eigenvalue weighted by Crippen LogP contribution is -2.07. The molecule has 112 valence electrons. The molecule has 2 aromatic rings. The van der Waals surface area contributed by atoms with E-state index in [1.165, 1.54) is 0 Å². The normalized spacial score (nSPS) is 10.9. The largest absolute Gasteiger partial charge is 0.464 e. The van der Waals surface area contributed by atoms with Crippen molar-refractivity contribution in [1.82, 2.24) is 9.55 Å². The Kier molecular flexibility index (Phi) is 5.26. The lowest BCUT2D eigenvalue weighted by molar-refractivity contribution is 0.111. The Morgan fingerprint density at radius 3 is 2.52 bits per heavy atom. The van der Waals surface area contributed by atoms with Gasteiger partial charge in [-0.25, -0.2) is 0 Å². The SMILES string of the molecule is CC(C)CCOc1nc(Cl)c(C=O)n1-c1ccc(Cl)cc1. The monoisotopic (exact) mass is 326 g/mol. The molecule has 0 aliphatic rings. The molecule has 0 spiro atoms. The van der Waals surface area contributed by atoms with E-state index in [1.807, 2.05) is 0 Å². The van der Waals surface area contributed by atoms with Crippen LogP contribution in [0.1, 0.15) is 30.8 Å². The number of hydrogen-bond donors (Lipinski definition) is 0. The van der Waals surface area contributed by atoms with Gasteiger partial charge in [-0.05, 0) is 36.6 Å². The molecular weight excluding hydrogens is 311 g/mol. The maximum atomic E-state index is 11.3. The van der Waals surface area contributed by atoms with Crippen LogP contribution in [-0.4, -0.2) is 22.4 Å². The standard InChI is InChI=1S/C15H16Cl2N2O2/c1-10(2)7-8-21-15-18-14(17)13(9-20)19(15)12-5-3-11(16)4-6-12/h3-6,9-10H,7-8H2,1-2H3. The van der Waals surface area contributed by atoms with Gasteiger partial charge in [0, 0.05) is 5.02 Å². The molecule has 1 heterocycles. The van der Waals surface area contributed by atoms with Crippen LogP contribution in [0.5, 0.6) is 6.01 Å². The summed E-state index contributed by atoms with van der Waals surface area (Å²) in [6.45, 7) is 4.73. The van der Waals surface area contributed by atoms with Crippen LogP contribution < -0.4 is 4.74 Å². The second-order valence-electron chi connectivity index (χ2n) is 5.03. The summed E-state index contributed by atoms with van der Waals surface area (Å²) in [5.41, 5.74) is 0.985. The average molecular weight is 327 g/mol. The molecule has 0 unspecified atom stereocenters. The Morgan fingerprint density at radius 1 is 1.29 bits per heavy atom. The van der Waals surface area contributed by atoms with E-state index in [1.54, 1.807) is 28.8 Å². The Hall–Kier alpha value is -1.52. The van der Waals surface area contributed by atoms with E-state index in [9.17, 15) is 4.79 Å². The minimum Gasteiger partial charge on any atom is -0.464 e. The van der Waals surface area contributed by atoms with Crippen molar-refractivity contribution >= 4 is 29.5 Å². The van der Waals surface area contributed by atoms with E-state index < -0.39 is 0 Å². The molecule has 0 saturated carbocycles. The van der Waals surface area contributed by atoms with Crippen molar-refractivity contribution in [3.8, 4) is 11.7 Å². The van der Waals surface area contributed by atoms with E-state index in [0.717, 1.165) is 12.1 Å². The Balaban J connectivity index is 2.36. The highest BCUT2D eigenvalue weighted by molar-refractivity contribution is 6.31. The van der Waals surface area contributed by atoms with Crippen LogP contribution in [0.25, 0.3) is 5.69 Å². The smallest absolute Gasteiger partial charge is 0.303 e. The topological polar surface area (TPSA) is 44.1 Å². The van der Waals surface area contributed by atoms with Crippen molar-refractivity contribution in [1.29, 1.82) is 0 Å². The predicted molar refractivity (Wildman–Crippen MR) is 83.9 cm³/mol. The first kappa shape index (κ1) is 15.9. The van der Waals surface area contributed by atoms with Gasteiger partial charge in [0.05, 0.1) is 12.3 Å². The molecule has 21 heavy (non-hydrogen) atoms. The van der Waals surface area contributed by atoms with Gasteiger partial charge in [0.15, 0.2) is 11.4 Å². The predicted octanol–water partition coefficient (Wildman–Crippen LogP) is 4.42. The van der Waals surface area contributed by atoms with Gasteiger partial charge in [-0.1, -0.05) is 37.0 Å². The van der Waals surface area contributed by atoms with Gasteiger partial charge in [-0.2, -0.15) is 4.98 Å². The van der Waals surface area contributed by atoms with E-state index in [-0.39, 0.29) is 10.8 Å². The number of imidazole rings is 1. The minimum atomic E-state index is 0.125. The number of nitrogens with zero attached hydrogens (tertiary/aromatic N) is 2. The molecule has 6 heteroatoms. The molecule has 0 radical (unpaired) electrons. The van der Waals surface area contributed by atoms with Crippen LogP contribution in [-0.2, 0) is 0 Å². The fraction of sp³-hybridized carbons (Fsp3) is 0.333. The van der Waals surface area contributed by atoms with Crippen molar-refractivity contribution in [2.24, 2.45) is 5.92 Å². The van der Waals surface area contributed by atoms with Gasteiger partial charge in [0.25, 0.3) is 0 Å². The number of carbonyl (C=O) groups excluding carboxylic acids is 1. The van der Waals surface area contributed by atoms with Crippen LogP contribution in [0.3, 0.4) is 0 Å². The van der Waals surface area contributed by atoms with Crippen molar-refractivity contribution in [3.63, 3.8) is 0 Å². The van der Waals surface area contributed by atoms with Crippen molar-refractivity contribution in [2.45, 2.75) is 20.3 Å². The van der Waals surface area contributed by atoms with E-state index in [0.29, 0.717) is 29.8 Å². The first-order valence-electron chi connectivity index (χ1n) is 6.65. The van der Waals surface area contributed by atoms with Crippen LogP contribution in [0, 0.1) is 5.92 Å². The molecule has 0 amide bonds. The van der Waals surface area contributed by atoms with Gasteiger partial charge in [0.1, 0.15) is 5.69 Å². The summed E-state index contributed by atoms with van der Waals surface area (Å²) in [7, 11) is 0. The quantitative estimate of drug-likeness (QED) is 0.738. The number of ether oxygens (including phenoxy) is 1. The molecule has 2 rings (SSSR count). The van der Waals surface area contributed by atoms with Crippen molar-refractivity contribution in [2.75, 3.05) is 6.61 Å². The summed E-state index contributed by atoms with van der Waals surface area (Å²) in [5, 5.41) is 0.736. The lowest BCUT2D eigenvalue weighted by atomic mass is 10.1. The second-order valence-corrected chi connectivity index (χ2v) is 5.83. The third-order valence-electron chi connectivity index (χ3n) is 2.96. The Morgan fingerprint density at radius 2 is 1.95 bits per heavy atom. The molecule has 1 aromatic heterocycles. The highest BCUT2D eigenvalue weighted by Crippen LogP contribution is 2.27. The molecular formula is C15H16Cl2N2O2. The van der Waals surface area contributed by atoms with Crippen molar-refractivity contribution in [3.05, 3.63) is 40.1 Å². The van der Waals surface area contributed by atoms with Gasteiger partial charge >= 0.3 is 6.01 Å². The molecule has 0 aliphatic heterocycles. The molecule has 0 aliphatic carbocycles. The molecule has 4 nitrogen and oxygen atoms in total. The maximum Gasteiger partial charge on any atom is 0.303 e. The fourth-order valence-corrected chi connectivity index (χ4v) is 2.14. The average Bonchev–Trinajstić information content (AvgIpc) is 2.75. The number of rotatable bonds is 6. The zero-order valence-electron chi connectivity index (χ0n) is 11.8. The van der Waals surface area contributed by atoms with Gasteiger partial charge < -0.3 is 4.74 Å². The van der Waals surface area contributed by atoms with Gasteiger partial charge in [-0.3, -0.25) is 9.36 Å². The highest BCUT2D eigenvalue weighted by Gasteiger charge is 2.18. The summed E-state index contributed by atoms with van der Waals surface area (Å²) in [5.74, 6) is 0.518. The highest BCUT2D eigenvalue weighted by atomic mass is 35.5. The maximum absolute atomic E-state index is 11.3. The summed E-state index contributed by atoms with van der Waals surface area (Å²) < 4.78 is 7.26. The van der Waals surface area contributed by atoms with Crippen LogP contribution in [0.15, 0.2) is 24.3 Å². The molecule has 0 N–H and O–H groups in total. The zero-order chi connectivity index (χ0) is 15.4. The minimum absolute atomic E-state index is 0.125. The number of benzene rings is 1. The van der Waals surface area contributed by atoms with Gasteiger partial charge in [0.2, 0.25) is 0 Å². The molecule has 1 aromatic carbocycles. The number of halogens is 2. The van der Waals surface area contributed by atoms with Crippen LogP contribution >= 0.6 is 23.2 Å². The van der Waals surface area contributed by atoms with E-state index in [4.69, 9.17) is 27.9 Å². The molecule has 0 bridgehead atoms.